The number of aryl methyl sites for hydroxylation is 2. The smallest absolute Gasteiger partial charge is 0.387 e. The van der Waals surface area contributed by atoms with Crippen molar-refractivity contribution in [1.82, 2.24) is 10.5 Å². The maximum Gasteiger partial charge on any atom is 0.387 e. The molecule has 1 aromatic heterocycles. The van der Waals surface area contributed by atoms with Gasteiger partial charge in [-0.05, 0) is 26.3 Å². The third-order valence-electron chi connectivity index (χ3n) is 3.91. The number of amides is 1. The van der Waals surface area contributed by atoms with Crippen LogP contribution in [0.5, 0.6) is 5.75 Å². The Morgan fingerprint density at radius 2 is 2.08 bits per heavy atom. The monoisotopic (exact) mass is 384 g/mol. The SMILES string of the molecule is CC[C@H](NC(=O)CSCc1c(C)noc1C)c1ccccc1OC(F)F. The van der Waals surface area contributed by atoms with Crippen LogP contribution in [0.1, 0.15) is 42.0 Å². The molecule has 0 spiro atoms. The Balaban J connectivity index is 1.94. The van der Waals surface area contributed by atoms with Gasteiger partial charge in [0, 0.05) is 16.9 Å². The van der Waals surface area contributed by atoms with Gasteiger partial charge in [-0.2, -0.15) is 8.78 Å². The van der Waals surface area contributed by atoms with E-state index in [-0.39, 0.29) is 17.4 Å². The van der Waals surface area contributed by atoms with E-state index in [1.165, 1.54) is 17.8 Å². The number of benzene rings is 1. The summed E-state index contributed by atoms with van der Waals surface area (Å²) in [4.78, 5) is 12.3. The molecule has 1 heterocycles. The first-order chi connectivity index (χ1) is 12.4. The van der Waals surface area contributed by atoms with Gasteiger partial charge < -0.3 is 14.6 Å². The summed E-state index contributed by atoms with van der Waals surface area (Å²) in [6.45, 7) is 2.67. The molecule has 0 radical (unpaired) electrons. The first-order valence-corrected chi connectivity index (χ1v) is 9.40. The van der Waals surface area contributed by atoms with Crippen LogP contribution in [-0.4, -0.2) is 23.4 Å². The van der Waals surface area contributed by atoms with Gasteiger partial charge in [0.15, 0.2) is 0 Å². The lowest BCUT2D eigenvalue weighted by Gasteiger charge is -2.20. The van der Waals surface area contributed by atoms with E-state index in [0.717, 1.165) is 17.0 Å². The van der Waals surface area contributed by atoms with E-state index in [2.05, 4.69) is 15.2 Å². The predicted octanol–water partition coefficient (Wildman–Crippen LogP) is 4.39. The lowest BCUT2D eigenvalue weighted by atomic mass is 10.0. The molecular weight excluding hydrogens is 362 g/mol. The highest BCUT2D eigenvalue weighted by Gasteiger charge is 2.19. The maximum absolute atomic E-state index is 12.6. The number of nitrogens with one attached hydrogen (secondary N) is 1. The number of aromatic nitrogens is 1. The average Bonchev–Trinajstić information content (AvgIpc) is 2.92. The zero-order valence-corrected chi connectivity index (χ0v) is 15.7. The molecule has 8 heteroatoms. The molecule has 0 bridgehead atoms. The van der Waals surface area contributed by atoms with Crippen LogP contribution in [0.15, 0.2) is 28.8 Å². The highest BCUT2D eigenvalue weighted by molar-refractivity contribution is 7.99. The molecular formula is C18H22F2N2O3S. The number of alkyl halides is 2. The Kier molecular flexibility index (Phi) is 7.44. The van der Waals surface area contributed by atoms with Crippen molar-refractivity contribution in [2.45, 2.75) is 45.6 Å². The molecule has 0 unspecified atom stereocenters. The van der Waals surface area contributed by atoms with Gasteiger partial charge >= 0.3 is 6.61 Å². The fourth-order valence-electron chi connectivity index (χ4n) is 2.56. The largest absolute Gasteiger partial charge is 0.434 e. The van der Waals surface area contributed by atoms with E-state index >= 15 is 0 Å². The zero-order valence-electron chi connectivity index (χ0n) is 14.9. The lowest BCUT2D eigenvalue weighted by Crippen LogP contribution is -2.30. The number of halogens is 2. The van der Waals surface area contributed by atoms with Crippen molar-refractivity contribution in [2.24, 2.45) is 0 Å². The molecule has 0 saturated heterocycles. The average molecular weight is 384 g/mol. The Bertz CT molecular complexity index is 717. The second-order valence-corrected chi connectivity index (χ2v) is 6.73. The molecule has 1 amide bonds. The maximum atomic E-state index is 12.6. The quantitative estimate of drug-likeness (QED) is 0.694. The van der Waals surface area contributed by atoms with E-state index in [4.69, 9.17) is 4.52 Å². The molecule has 0 fully saturated rings. The van der Waals surface area contributed by atoms with Gasteiger partial charge in [0.05, 0.1) is 17.5 Å². The van der Waals surface area contributed by atoms with Crippen molar-refractivity contribution in [3.63, 3.8) is 0 Å². The molecule has 26 heavy (non-hydrogen) atoms. The van der Waals surface area contributed by atoms with Crippen molar-refractivity contribution < 1.29 is 22.8 Å². The number of para-hydroxylation sites is 1. The van der Waals surface area contributed by atoms with Crippen LogP contribution < -0.4 is 10.1 Å². The highest BCUT2D eigenvalue weighted by atomic mass is 32.2. The Morgan fingerprint density at radius 3 is 2.69 bits per heavy atom. The van der Waals surface area contributed by atoms with Crippen LogP contribution in [0, 0.1) is 13.8 Å². The summed E-state index contributed by atoms with van der Waals surface area (Å²) in [5.74, 6) is 1.54. The predicted molar refractivity (Wildman–Crippen MR) is 96.4 cm³/mol. The van der Waals surface area contributed by atoms with Gasteiger partial charge in [0.2, 0.25) is 5.91 Å². The van der Waals surface area contributed by atoms with Gasteiger partial charge in [0.1, 0.15) is 11.5 Å². The summed E-state index contributed by atoms with van der Waals surface area (Å²) >= 11 is 1.45. The Morgan fingerprint density at radius 1 is 1.35 bits per heavy atom. The van der Waals surface area contributed by atoms with Crippen molar-refractivity contribution in [3.05, 3.63) is 46.8 Å². The van der Waals surface area contributed by atoms with Crippen molar-refractivity contribution >= 4 is 17.7 Å². The van der Waals surface area contributed by atoms with E-state index in [1.54, 1.807) is 18.2 Å². The summed E-state index contributed by atoms with van der Waals surface area (Å²) in [5, 5.41) is 6.77. The molecule has 0 saturated carbocycles. The third kappa shape index (κ3) is 5.45. The molecule has 0 aliphatic carbocycles. The highest BCUT2D eigenvalue weighted by Crippen LogP contribution is 2.28. The van der Waals surface area contributed by atoms with Gasteiger partial charge in [-0.1, -0.05) is 30.3 Å². The van der Waals surface area contributed by atoms with E-state index in [1.807, 2.05) is 20.8 Å². The molecule has 0 aliphatic heterocycles. The van der Waals surface area contributed by atoms with Crippen LogP contribution in [0.3, 0.4) is 0 Å². The first kappa shape index (κ1) is 20.2. The number of thioether (sulfide) groups is 1. The van der Waals surface area contributed by atoms with Crippen LogP contribution in [0.2, 0.25) is 0 Å². The third-order valence-corrected chi connectivity index (χ3v) is 4.87. The number of carbonyl (C=O) groups is 1. The molecule has 2 rings (SSSR count). The van der Waals surface area contributed by atoms with E-state index in [9.17, 15) is 13.6 Å². The second-order valence-electron chi connectivity index (χ2n) is 5.74. The van der Waals surface area contributed by atoms with E-state index < -0.39 is 12.7 Å². The van der Waals surface area contributed by atoms with Crippen LogP contribution in [-0.2, 0) is 10.5 Å². The molecule has 1 atom stereocenters. The number of hydrogen-bond donors (Lipinski definition) is 1. The molecule has 0 aliphatic rings. The van der Waals surface area contributed by atoms with Gasteiger partial charge in [-0.15, -0.1) is 11.8 Å². The number of carbonyl (C=O) groups excluding carboxylic acids is 1. The minimum Gasteiger partial charge on any atom is -0.434 e. The number of ether oxygens (including phenoxy) is 1. The number of hydrogen-bond acceptors (Lipinski definition) is 5. The lowest BCUT2D eigenvalue weighted by molar-refractivity contribution is -0.119. The fourth-order valence-corrected chi connectivity index (χ4v) is 3.55. The van der Waals surface area contributed by atoms with Crippen molar-refractivity contribution in [3.8, 4) is 5.75 Å². The topological polar surface area (TPSA) is 64.4 Å². The van der Waals surface area contributed by atoms with Crippen molar-refractivity contribution in [2.75, 3.05) is 5.75 Å². The summed E-state index contributed by atoms with van der Waals surface area (Å²) in [6.07, 6.45) is 0.559. The Hall–Kier alpha value is -2.09. The molecule has 142 valence electrons. The number of rotatable bonds is 9. The van der Waals surface area contributed by atoms with Crippen LogP contribution >= 0.6 is 11.8 Å². The number of nitrogens with zero attached hydrogens (tertiary/aromatic N) is 1. The first-order valence-electron chi connectivity index (χ1n) is 8.25. The van der Waals surface area contributed by atoms with Gasteiger partial charge in [-0.3, -0.25) is 4.79 Å². The van der Waals surface area contributed by atoms with Crippen molar-refractivity contribution in [1.29, 1.82) is 0 Å². The van der Waals surface area contributed by atoms with E-state index in [0.29, 0.717) is 17.7 Å². The molecule has 2 aromatic rings. The zero-order chi connectivity index (χ0) is 19.1. The minimum atomic E-state index is -2.91. The summed E-state index contributed by atoms with van der Waals surface area (Å²) in [7, 11) is 0. The summed E-state index contributed by atoms with van der Waals surface area (Å²) < 4.78 is 34.8. The second kappa shape index (κ2) is 9.56. The summed E-state index contributed by atoms with van der Waals surface area (Å²) in [5.41, 5.74) is 2.35. The van der Waals surface area contributed by atoms with Crippen LogP contribution in [0.25, 0.3) is 0 Å². The summed E-state index contributed by atoms with van der Waals surface area (Å²) in [6, 6.07) is 6.12. The Labute approximate surface area is 155 Å². The molecule has 1 N–H and O–H groups in total. The van der Waals surface area contributed by atoms with Gasteiger partial charge in [-0.25, -0.2) is 0 Å². The van der Waals surface area contributed by atoms with Crippen LogP contribution in [0.4, 0.5) is 8.78 Å². The standard InChI is InChI=1S/C18H22F2N2O3S/c1-4-15(13-7-5-6-8-16(13)24-18(19)20)21-17(23)10-26-9-14-11(2)22-25-12(14)3/h5-8,15,18H,4,9-10H2,1-3H3,(H,21,23)/t15-/m0/s1. The minimum absolute atomic E-state index is 0.0815. The van der Waals surface area contributed by atoms with Gasteiger partial charge in [0.25, 0.3) is 0 Å². The molecule has 1 aromatic carbocycles. The fraction of sp³-hybridized carbons (Fsp3) is 0.444. The molecule has 5 nitrogen and oxygen atoms in total. The normalized spacial score (nSPS) is 12.2.